The normalized spacial score (nSPS) is 16.8. The van der Waals surface area contributed by atoms with E-state index in [1.165, 1.54) is 11.3 Å². The molecule has 0 spiro atoms. The van der Waals surface area contributed by atoms with E-state index >= 15 is 0 Å². The van der Waals surface area contributed by atoms with Crippen molar-refractivity contribution in [3.63, 3.8) is 0 Å². The summed E-state index contributed by atoms with van der Waals surface area (Å²) in [5.41, 5.74) is 1.64. The van der Waals surface area contributed by atoms with Crippen LogP contribution in [0.1, 0.15) is 58.7 Å². The van der Waals surface area contributed by atoms with E-state index in [4.69, 9.17) is 4.74 Å². The van der Waals surface area contributed by atoms with E-state index in [0.717, 1.165) is 36.1 Å². The first-order chi connectivity index (χ1) is 14.9. The maximum absolute atomic E-state index is 13.1. The number of anilines is 1. The molecule has 1 aliphatic heterocycles. The molecule has 2 aromatic heterocycles. The molecule has 0 radical (unpaired) electrons. The summed E-state index contributed by atoms with van der Waals surface area (Å²) in [5.74, 6) is -0.638. The van der Waals surface area contributed by atoms with Crippen LogP contribution in [-0.2, 0) is 35.3 Å². The number of nitrogens with zero attached hydrogens (tertiary/aromatic N) is 1. The molecular weight excluding hydrogens is 420 g/mol. The van der Waals surface area contributed by atoms with Gasteiger partial charge in [-0.2, -0.15) is 0 Å². The molecule has 2 aliphatic rings. The molecule has 166 valence electrons. The Bertz CT molecular complexity index is 1130. The summed E-state index contributed by atoms with van der Waals surface area (Å²) in [6, 6.07) is -0.520. The van der Waals surface area contributed by atoms with Crippen molar-refractivity contribution in [1.29, 1.82) is 0 Å². The molecule has 1 amide bonds. The first kappa shape index (κ1) is 21.5. The first-order valence-electron chi connectivity index (χ1n) is 10.6. The topological polar surface area (TPSA) is 124 Å². The zero-order valence-electron chi connectivity index (χ0n) is 17.6. The number of aryl methyl sites for hydroxylation is 1. The van der Waals surface area contributed by atoms with Crippen LogP contribution in [0, 0.1) is 0 Å². The molecule has 1 atom stereocenters. The summed E-state index contributed by atoms with van der Waals surface area (Å²) in [4.78, 5) is 57.3. The van der Waals surface area contributed by atoms with Gasteiger partial charge < -0.3 is 15.0 Å². The van der Waals surface area contributed by atoms with E-state index in [2.05, 4.69) is 15.3 Å². The highest BCUT2D eigenvalue weighted by molar-refractivity contribution is 7.17. The van der Waals surface area contributed by atoms with E-state index in [0.29, 0.717) is 34.8 Å². The molecule has 0 bridgehead atoms. The minimum absolute atomic E-state index is 0.242. The van der Waals surface area contributed by atoms with Gasteiger partial charge in [0.2, 0.25) is 5.91 Å². The number of fused-ring (bicyclic) bond motifs is 2. The van der Waals surface area contributed by atoms with Gasteiger partial charge in [-0.25, -0.2) is 9.59 Å². The van der Waals surface area contributed by atoms with Crippen molar-refractivity contribution in [3.8, 4) is 0 Å². The standard InChI is InChI=1S/C21H26N4O5S/c1-3-30-20(28)16-12-6-4-5-7-15(12)31-19(16)23-17(26)11(2)25-9-8-14-13(10-25)18(27)24-21(29)22-14/h11H,3-10H2,1-2H3,(H,23,26)(H2,22,24,27,29). The van der Waals surface area contributed by atoms with Crippen LogP contribution in [0.25, 0.3) is 0 Å². The third-order valence-electron chi connectivity index (χ3n) is 5.95. The Morgan fingerprint density at radius 2 is 1.94 bits per heavy atom. The van der Waals surface area contributed by atoms with Crippen LogP contribution < -0.4 is 16.6 Å². The molecule has 4 rings (SSSR count). The molecule has 0 saturated heterocycles. The van der Waals surface area contributed by atoms with Gasteiger partial charge in [0.05, 0.1) is 23.8 Å². The zero-order valence-corrected chi connectivity index (χ0v) is 18.4. The number of ether oxygens (including phenoxy) is 1. The summed E-state index contributed by atoms with van der Waals surface area (Å²) in [7, 11) is 0. The molecule has 1 aliphatic carbocycles. The summed E-state index contributed by atoms with van der Waals surface area (Å²) >= 11 is 1.46. The van der Waals surface area contributed by atoms with E-state index in [1.807, 2.05) is 4.90 Å². The smallest absolute Gasteiger partial charge is 0.341 e. The number of aromatic amines is 2. The van der Waals surface area contributed by atoms with Gasteiger partial charge in [-0.1, -0.05) is 0 Å². The van der Waals surface area contributed by atoms with Gasteiger partial charge in [-0.15, -0.1) is 11.3 Å². The number of carbonyl (C=O) groups is 2. The minimum atomic E-state index is -0.520. The highest BCUT2D eigenvalue weighted by atomic mass is 32.1. The van der Waals surface area contributed by atoms with Gasteiger partial charge in [0.15, 0.2) is 0 Å². The molecule has 0 fully saturated rings. The minimum Gasteiger partial charge on any atom is -0.462 e. The Hall–Kier alpha value is -2.72. The van der Waals surface area contributed by atoms with Gasteiger partial charge in [-0.05, 0) is 45.1 Å². The van der Waals surface area contributed by atoms with Crippen molar-refractivity contribution >= 4 is 28.2 Å². The van der Waals surface area contributed by atoms with E-state index < -0.39 is 23.3 Å². The van der Waals surface area contributed by atoms with Crippen LogP contribution >= 0.6 is 11.3 Å². The van der Waals surface area contributed by atoms with E-state index in [1.54, 1.807) is 13.8 Å². The molecule has 0 saturated carbocycles. The highest BCUT2D eigenvalue weighted by Gasteiger charge is 2.31. The Kier molecular flexibility index (Phi) is 6.10. The largest absolute Gasteiger partial charge is 0.462 e. The van der Waals surface area contributed by atoms with Crippen molar-refractivity contribution in [3.05, 3.63) is 48.1 Å². The fourth-order valence-electron chi connectivity index (χ4n) is 4.26. The quantitative estimate of drug-likeness (QED) is 0.599. The van der Waals surface area contributed by atoms with Crippen molar-refractivity contribution in [1.82, 2.24) is 14.9 Å². The fraction of sp³-hybridized carbons (Fsp3) is 0.524. The molecule has 3 N–H and O–H groups in total. The third kappa shape index (κ3) is 4.22. The molecule has 3 heterocycles. The molecule has 1 unspecified atom stereocenters. The lowest BCUT2D eigenvalue weighted by Crippen LogP contribution is -2.47. The number of esters is 1. The molecule has 0 aromatic carbocycles. The van der Waals surface area contributed by atoms with Gasteiger partial charge in [-0.3, -0.25) is 19.5 Å². The second-order valence-corrected chi connectivity index (χ2v) is 8.99. The van der Waals surface area contributed by atoms with Crippen LogP contribution in [0.4, 0.5) is 5.00 Å². The van der Waals surface area contributed by atoms with E-state index in [9.17, 15) is 19.2 Å². The molecule has 31 heavy (non-hydrogen) atoms. The molecular formula is C21H26N4O5S. The number of aromatic nitrogens is 2. The van der Waals surface area contributed by atoms with Crippen LogP contribution in [0.3, 0.4) is 0 Å². The average molecular weight is 447 g/mol. The van der Waals surface area contributed by atoms with Gasteiger partial charge >= 0.3 is 11.7 Å². The van der Waals surface area contributed by atoms with Crippen LogP contribution in [-0.4, -0.2) is 45.9 Å². The highest BCUT2D eigenvalue weighted by Crippen LogP contribution is 2.38. The van der Waals surface area contributed by atoms with Gasteiger partial charge in [0.25, 0.3) is 5.56 Å². The number of hydrogen-bond donors (Lipinski definition) is 3. The maximum atomic E-state index is 13.1. The van der Waals surface area contributed by atoms with Crippen LogP contribution in [0.2, 0.25) is 0 Å². The lowest BCUT2D eigenvalue weighted by molar-refractivity contribution is -0.121. The Morgan fingerprint density at radius 1 is 1.16 bits per heavy atom. The monoisotopic (exact) mass is 446 g/mol. The summed E-state index contributed by atoms with van der Waals surface area (Å²) in [6.45, 7) is 4.61. The molecule has 10 heteroatoms. The first-order valence-corrected chi connectivity index (χ1v) is 11.4. The average Bonchev–Trinajstić information content (AvgIpc) is 3.11. The lowest BCUT2D eigenvalue weighted by Gasteiger charge is -2.31. The van der Waals surface area contributed by atoms with Crippen LogP contribution in [0.15, 0.2) is 9.59 Å². The summed E-state index contributed by atoms with van der Waals surface area (Å²) in [5, 5.41) is 3.49. The molecule has 9 nitrogen and oxygen atoms in total. The van der Waals surface area contributed by atoms with Crippen molar-refractivity contribution in [2.24, 2.45) is 0 Å². The number of H-pyrrole nitrogens is 2. The second kappa shape index (κ2) is 8.80. The SMILES string of the molecule is CCOC(=O)c1c(NC(=O)C(C)N2CCc3[nH]c(=O)[nH]c(=O)c3C2)sc2c1CCCC2. The number of thiophene rings is 1. The second-order valence-electron chi connectivity index (χ2n) is 7.89. The molecule has 2 aromatic rings. The number of hydrogen-bond acceptors (Lipinski definition) is 7. The lowest BCUT2D eigenvalue weighted by atomic mass is 9.95. The van der Waals surface area contributed by atoms with Gasteiger partial charge in [0.1, 0.15) is 5.00 Å². The Labute approximate surface area is 182 Å². The Morgan fingerprint density at radius 3 is 2.71 bits per heavy atom. The van der Waals surface area contributed by atoms with Crippen molar-refractivity contribution in [2.75, 3.05) is 18.5 Å². The zero-order chi connectivity index (χ0) is 22.1. The van der Waals surface area contributed by atoms with E-state index in [-0.39, 0.29) is 19.1 Å². The van der Waals surface area contributed by atoms with Crippen LogP contribution in [0.5, 0.6) is 0 Å². The predicted molar refractivity (Wildman–Crippen MR) is 117 cm³/mol. The number of amides is 1. The Balaban J connectivity index is 1.54. The fourth-order valence-corrected chi connectivity index (χ4v) is 5.54. The number of nitrogens with one attached hydrogen (secondary N) is 3. The summed E-state index contributed by atoms with van der Waals surface area (Å²) in [6.07, 6.45) is 4.29. The maximum Gasteiger partial charge on any atom is 0.341 e. The summed E-state index contributed by atoms with van der Waals surface area (Å²) < 4.78 is 5.25. The van der Waals surface area contributed by atoms with Crippen molar-refractivity contribution in [2.45, 2.75) is 58.5 Å². The van der Waals surface area contributed by atoms with Gasteiger partial charge in [0, 0.05) is 30.1 Å². The number of rotatable bonds is 5. The predicted octanol–water partition coefficient (Wildman–Crippen LogP) is 1.57. The van der Waals surface area contributed by atoms with Crippen molar-refractivity contribution < 1.29 is 14.3 Å². The third-order valence-corrected chi connectivity index (χ3v) is 7.16. The number of carbonyl (C=O) groups excluding carboxylic acids is 2.